The summed E-state index contributed by atoms with van der Waals surface area (Å²) < 4.78 is 34.4. The molecule has 0 atom stereocenters. The van der Waals surface area contributed by atoms with Crippen molar-refractivity contribution in [2.45, 2.75) is 135 Å². The molecule has 10 heteroatoms. The van der Waals surface area contributed by atoms with E-state index in [0.717, 1.165) is 116 Å². The van der Waals surface area contributed by atoms with Crippen molar-refractivity contribution in [2.24, 2.45) is 0 Å². The van der Waals surface area contributed by atoms with Gasteiger partial charge in [0, 0.05) is 39.6 Å². The van der Waals surface area contributed by atoms with E-state index in [1.807, 2.05) is 0 Å². The van der Waals surface area contributed by atoms with E-state index >= 15 is 0 Å². The van der Waals surface area contributed by atoms with Crippen molar-refractivity contribution in [3.05, 3.63) is 83.4 Å². The minimum Gasteiger partial charge on any atom is -0.494 e. The summed E-state index contributed by atoms with van der Waals surface area (Å²) in [6.45, 7) is 6.93. The van der Waals surface area contributed by atoms with Crippen LogP contribution in [0.15, 0.2) is 66.7 Å². The molecule has 0 aliphatic heterocycles. The highest BCUT2D eigenvalue weighted by Crippen LogP contribution is 2.26. The van der Waals surface area contributed by atoms with Crippen molar-refractivity contribution in [2.75, 3.05) is 52.9 Å². The molecule has 328 valence electrons. The standard InChI is InChI=1S/C49H72O10/c1-41-40-46(58-48(52)42-22-26-44(27-23-42)56-38-20-10-4-2-8-16-34-54-36-18-12-6-14-32-50)30-31-47(41)59-49(53)43-24-28-45(29-25-43)57-39-21-11-5-3-9-17-35-55-37-19-13-7-15-33-51/h22-31,40,50-51H,2-21,32-39H2,1H3. The van der Waals surface area contributed by atoms with E-state index in [-0.39, 0.29) is 13.2 Å². The van der Waals surface area contributed by atoms with Crippen molar-refractivity contribution in [1.29, 1.82) is 0 Å². The van der Waals surface area contributed by atoms with Gasteiger partial charge in [0.25, 0.3) is 0 Å². The van der Waals surface area contributed by atoms with Crippen molar-refractivity contribution in [3.63, 3.8) is 0 Å². The van der Waals surface area contributed by atoms with Crippen LogP contribution in [0, 0.1) is 6.92 Å². The zero-order valence-corrected chi connectivity index (χ0v) is 35.8. The lowest BCUT2D eigenvalue weighted by atomic mass is 10.1. The number of hydrogen-bond acceptors (Lipinski definition) is 10. The van der Waals surface area contributed by atoms with Crippen LogP contribution < -0.4 is 18.9 Å². The van der Waals surface area contributed by atoms with Crippen molar-refractivity contribution >= 4 is 11.9 Å². The number of ether oxygens (including phenoxy) is 6. The largest absolute Gasteiger partial charge is 0.494 e. The average Bonchev–Trinajstić information content (AvgIpc) is 3.25. The lowest BCUT2D eigenvalue weighted by Crippen LogP contribution is -2.10. The Balaban J connectivity index is 1.23. The molecular weight excluding hydrogens is 749 g/mol. The summed E-state index contributed by atoms with van der Waals surface area (Å²) in [5.41, 5.74) is 1.48. The maximum absolute atomic E-state index is 12.9. The minimum absolute atomic E-state index is 0.283. The zero-order valence-electron chi connectivity index (χ0n) is 35.8. The average molecular weight is 821 g/mol. The Hall–Kier alpha value is -3.96. The first-order chi connectivity index (χ1) is 29.0. The number of carbonyl (C=O) groups excluding carboxylic acids is 2. The van der Waals surface area contributed by atoms with Gasteiger partial charge in [-0.2, -0.15) is 0 Å². The van der Waals surface area contributed by atoms with Crippen LogP contribution in [0.3, 0.4) is 0 Å². The molecule has 3 aromatic rings. The third-order valence-corrected chi connectivity index (χ3v) is 10.0. The minimum atomic E-state index is -0.485. The van der Waals surface area contributed by atoms with Gasteiger partial charge in [-0.3, -0.25) is 0 Å². The van der Waals surface area contributed by atoms with E-state index in [0.29, 0.717) is 52.9 Å². The Kier molecular flexibility index (Phi) is 27.5. The van der Waals surface area contributed by atoms with Gasteiger partial charge in [-0.1, -0.05) is 77.0 Å². The van der Waals surface area contributed by atoms with Gasteiger partial charge >= 0.3 is 11.9 Å². The number of benzene rings is 3. The van der Waals surface area contributed by atoms with Gasteiger partial charge in [-0.05, 0) is 131 Å². The molecule has 59 heavy (non-hydrogen) atoms. The van der Waals surface area contributed by atoms with Crippen molar-refractivity contribution in [3.8, 4) is 23.0 Å². The molecule has 0 bridgehead atoms. The summed E-state index contributed by atoms with van der Waals surface area (Å²) in [6.07, 6.45) is 21.8. The molecule has 0 spiro atoms. The maximum Gasteiger partial charge on any atom is 0.343 e. The topological polar surface area (TPSA) is 130 Å². The van der Waals surface area contributed by atoms with Gasteiger partial charge in [0.2, 0.25) is 0 Å². The second-order valence-electron chi connectivity index (χ2n) is 15.2. The summed E-state index contributed by atoms with van der Waals surface area (Å²) in [5, 5.41) is 17.6. The number of aliphatic hydroxyl groups excluding tert-OH is 2. The monoisotopic (exact) mass is 821 g/mol. The van der Waals surface area contributed by atoms with Crippen LogP contribution in [-0.4, -0.2) is 75.0 Å². The number of carbonyl (C=O) groups is 2. The first-order valence-corrected chi connectivity index (χ1v) is 22.4. The molecule has 10 nitrogen and oxygen atoms in total. The molecule has 0 unspecified atom stereocenters. The summed E-state index contributed by atoms with van der Waals surface area (Å²) in [5.74, 6) is 1.21. The first kappa shape index (κ1) is 49.4. The summed E-state index contributed by atoms with van der Waals surface area (Å²) in [6, 6.07) is 18.8. The number of aliphatic hydroxyl groups is 2. The number of rotatable bonds is 36. The van der Waals surface area contributed by atoms with Crippen molar-refractivity contribution in [1.82, 2.24) is 0 Å². The van der Waals surface area contributed by atoms with Gasteiger partial charge in [-0.15, -0.1) is 0 Å². The van der Waals surface area contributed by atoms with E-state index in [2.05, 4.69) is 0 Å². The van der Waals surface area contributed by atoms with E-state index in [1.54, 1.807) is 73.7 Å². The third kappa shape index (κ3) is 23.4. The molecule has 0 aliphatic rings. The molecular formula is C49H72O10. The Morgan fingerprint density at radius 2 is 0.746 bits per heavy atom. The van der Waals surface area contributed by atoms with Gasteiger partial charge in [0.05, 0.1) is 24.3 Å². The Morgan fingerprint density at radius 3 is 1.14 bits per heavy atom. The molecule has 2 N–H and O–H groups in total. The quantitative estimate of drug-likeness (QED) is 0.0332. The van der Waals surface area contributed by atoms with Gasteiger partial charge in [0.15, 0.2) is 0 Å². The summed E-state index contributed by atoms with van der Waals surface area (Å²) in [7, 11) is 0. The maximum atomic E-state index is 12.9. The van der Waals surface area contributed by atoms with Crippen LogP contribution in [0.4, 0.5) is 0 Å². The number of unbranched alkanes of at least 4 members (excludes halogenated alkanes) is 16. The molecule has 0 heterocycles. The van der Waals surface area contributed by atoms with Gasteiger partial charge in [0.1, 0.15) is 23.0 Å². The highest BCUT2D eigenvalue weighted by Gasteiger charge is 2.14. The highest BCUT2D eigenvalue weighted by atomic mass is 16.5. The van der Waals surface area contributed by atoms with E-state index in [1.165, 1.54) is 38.5 Å². The fourth-order valence-electron chi connectivity index (χ4n) is 6.45. The predicted octanol–water partition coefficient (Wildman–Crippen LogP) is 11.0. The lowest BCUT2D eigenvalue weighted by Gasteiger charge is -2.11. The molecule has 0 saturated carbocycles. The third-order valence-electron chi connectivity index (χ3n) is 10.0. The van der Waals surface area contributed by atoms with Gasteiger partial charge in [-0.25, -0.2) is 9.59 Å². The van der Waals surface area contributed by atoms with Crippen LogP contribution in [0.5, 0.6) is 23.0 Å². The smallest absolute Gasteiger partial charge is 0.343 e. The van der Waals surface area contributed by atoms with Gasteiger partial charge < -0.3 is 38.6 Å². The molecule has 0 amide bonds. The highest BCUT2D eigenvalue weighted by molar-refractivity contribution is 5.92. The number of aryl methyl sites for hydroxylation is 1. The van der Waals surface area contributed by atoms with Crippen LogP contribution >= 0.6 is 0 Å². The molecule has 0 radical (unpaired) electrons. The summed E-state index contributed by atoms with van der Waals surface area (Å²) >= 11 is 0. The first-order valence-electron chi connectivity index (χ1n) is 22.4. The van der Waals surface area contributed by atoms with Crippen LogP contribution in [0.2, 0.25) is 0 Å². The second-order valence-corrected chi connectivity index (χ2v) is 15.2. The molecule has 3 aromatic carbocycles. The molecule has 3 rings (SSSR count). The van der Waals surface area contributed by atoms with Crippen LogP contribution in [0.1, 0.15) is 155 Å². The van der Waals surface area contributed by atoms with E-state index in [9.17, 15) is 9.59 Å². The Morgan fingerprint density at radius 1 is 0.407 bits per heavy atom. The lowest BCUT2D eigenvalue weighted by molar-refractivity contribution is 0.0718. The Labute approximate surface area is 353 Å². The van der Waals surface area contributed by atoms with E-state index < -0.39 is 11.9 Å². The van der Waals surface area contributed by atoms with Crippen LogP contribution in [-0.2, 0) is 9.47 Å². The van der Waals surface area contributed by atoms with Crippen molar-refractivity contribution < 1.29 is 48.2 Å². The van der Waals surface area contributed by atoms with Crippen LogP contribution in [0.25, 0.3) is 0 Å². The normalized spacial score (nSPS) is 11.1. The summed E-state index contributed by atoms with van der Waals surface area (Å²) in [4.78, 5) is 25.7. The molecule has 0 fully saturated rings. The zero-order chi connectivity index (χ0) is 42.0. The molecule has 0 aliphatic carbocycles. The SMILES string of the molecule is Cc1cc(OC(=O)c2ccc(OCCCCCCCCOCCCCCCO)cc2)ccc1OC(=O)c1ccc(OCCCCCCCCOCCCCCCO)cc1. The van der Waals surface area contributed by atoms with E-state index in [4.69, 9.17) is 38.6 Å². The number of hydrogen-bond donors (Lipinski definition) is 2. The second kappa shape index (κ2) is 32.8. The fourth-order valence-corrected chi connectivity index (χ4v) is 6.45. The molecule has 0 saturated heterocycles. The fraction of sp³-hybridized carbons (Fsp3) is 0.592. The number of esters is 2. The molecule has 0 aromatic heterocycles. The predicted molar refractivity (Wildman–Crippen MR) is 233 cm³/mol. The Bertz CT molecular complexity index is 1510.